The van der Waals surface area contributed by atoms with E-state index < -0.39 is 0 Å². The van der Waals surface area contributed by atoms with Crippen molar-refractivity contribution in [3.8, 4) is 0 Å². The highest BCUT2D eigenvalue weighted by Gasteiger charge is 2.44. The molecule has 0 saturated carbocycles. The summed E-state index contributed by atoms with van der Waals surface area (Å²) in [5.74, 6) is 6.31. The number of nitrogens with two attached hydrogens (primary N) is 1. The quantitative estimate of drug-likeness (QED) is 0.614. The number of hydrazine groups is 1. The maximum absolute atomic E-state index is 11.8. The third-order valence-corrected chi connectivity index (χ3v) is 4.34. The van der Waals surface area contributed by atoms with E-state index in [1.165, 1.54) is 18.2 Å². The fourth-order valence-corrected chi connectivity index (χ4v) is 3.51. The minimum absolute atomic E-state index is 0.219. The first-order valence-corrected chi connectivity index (χ1v) is 6.58. The Morgan fingerprint density at radius 2 is 2.32 bits per heavy atom. The van der Waals surface area contributed by atoms with E-state index in [0.29, 0.717) is 5.92 Å². The van der Waals surface area contributed by atoms with Gasteiger partial charge in [0.05, 0.1) is 12.8 Å². The normalized spacial score (nSPS) is 24.1. The van der Waals surface area contributed by atoms with Crippen LogP contribution in [-0.4, -0.2) is 37.7 Å². The maximum Gasteiger partial charge on any atom is 0.409 e. The molecule has 19 heavy (non-hydrogen) atoms. The fraction of sp³-hybridized carbons (Fsp3) is 0.500. The van der Waals surface area contributed by atoms with E-state index in [4.69, 9.17) is 10.6 Å². The van der Waals surface area contributed by atoms with Crippen molar-refractivity contribution in [2.24, 2.45) is 5.84 Å². The lowest BCUT2D eigenvalue weighted by Gasteiger charge is -2.22. The first-order chi connectivity index (χ1) is 9.13. The second-order valence-electron chi connectivity index (χ2n) is 5.29. The van der Waals surface area contributed by atoms with Crippen molar-refractivity contribution in [2.45, 2.75) is 24.8 Å². The van der Waals surface area contributed by atoms with Gasteiger partial charge in [0.25, 0.3) is 0 Å². The van der Waals surface area contributed by atoms with E-state index in [-0.39, 0.29) is 12.1 Å². The van der Waals surface area contributed by atoms with E-state index in [2.05, 4.69) is 6.07 Å². The molecule has 1 saturated heterocycles. The summed E-state index contributed by atoms with van der Waals surface area (Å²) in [6.45, 7) is 0.782. The summed E-state index contributed by atoms with van der Waals surface area (Å²) in [4.78, 5) is 13.6. The molecule has 3 rings (SSSR count). The number of anilines is 1. The van der Waals surface area contributed by atoms with E-state index in [9.17, 15) is 4.79 Å². The number of hydrogen-bond acceptors (Lipinski definition) is 4. The largest absolute Gasteiger partial charge is 0.453 e. The second-order valence-corrected chi connectivity index (χ2v) is 5.29. The van der Waals surface area contributed by atoms with Crippen molar-refractivity contribution in [3.63, 3.8) is 0 Å². The Morgan fingerprint density at radius 3 is 3.00 bits per heavy atom. The third-order valence-electron chi connectivity index (χ3n) is 4.34. The summed E-state index contributed by atoms with van der Waals surface area (Å²) >= 11 is 0. The first kappa shape index (κ1) is 12.3. The summed E-state index contributed by atoms with van der Waals surface area (Å²) in [6, 6.07) is 6.46. The van der Waals surface area contributed by atoms with Gasteiger partial charge in [-0.15, -0.1) is 0 Å². The van der Waals surface area contributed by atoms with Crippen LogP contribution in [0.3, 0.4) is 0 Å². The lowest BCUT2D eigenvalue weighted by atomic mass is 9.98. The van der Waals surface area contributed by atoms with Crippen LogP contribution in [0.4, 0.5) is 10.5 Å². The van der Waals surface area contributed by atoms with Crippen LogP contribution in [0.1, 0.15) is 23.5 Å². The van der Waals surface area contributed by atoms with Gasteiger partial charge in [-0.25, -0.2) is 10.6 Å². The Bertz CT molecular complexity index is 515. The highest BCUT2D eigenvalue weighted by Crippen LogP contribution is 2.45. The van der Waals surface area contributed by atoms with Crippen LogP contribution in [0.5, 0.6) is 0 Å². The summed E-state index contributed by atoms with van der Waals surface area (Å²) in [7, 11) is 3.29. The number of amides is 1. The molecule has 102 valence electrons. The monoisotopic (exact) mass is 261 g/mol. The number of rotatable bonds is 1. The van der Waals surface area contributed by atoms with Crippen LogP contribution < -0.4 is 10.9 Å². The molecule has 1 aliphatic carbocycles. The average molecular weight is 261 g/mol. The van der Waals surface area contributed by atoms with E-state index >= 15 is 0 Å². The van der Waals surface area contributed by atoms with Crippen molar-refractivity contribution in [3.05, 3.63) is 29.3 Å². The zero-order chi connectivity index (χ0) is 13.6. The Hall–Kier alpha value is -1.75. The molecule has 0 radical (unpaired) electrons. The molecule has 2 N–H and O–H groups in total. The van der Waals surface area contributed by atoms with Gasteiger partial charge in [0.2, 0.25) is 0 Å². The van der Waals surface area contributed by atoms with Crippen LogP contribution in [0.25, 0.3) is 0 Å². The van der Waals surface area contributed by atoms with Crippen molar-refractivity contribution >= 4 is 11.8 Å². The molecule has 2 aliphatic rings. The number of carbonyl (C=O) groups excluding carboxylic acids is 1. The van der Waals surface area contributed by atoms with E-state index in [1.807, 2.05) is 24.1 Å². The third kappa shape index (κ3) is 1.76. The van der Waals surface area contributed by atoms with Gasteiger partial charge in [-0.1, -0.05) is 12.1 Å². The van der Waals surface area contributed by atoms with Gasteiger partial charge in [0.1, 0.15) is 0 Å². The Balaban J connectivity index is 1.96. The van der Waals surface area contributed by atoms with E-state index in [0.717, 1.165) is 25.1 Å². The van der Waals surface area contributed by atoms with Gasteiger partial charge in [-0.05, 0) is 30.0 Å². The molecule has 1 aromatic carbocycles. The molecule has 2 atom stereocenters. The number of carbonyl (C=O) groups is 1. The van der Waals surface area contributed by atoms with Gasteiger partial charge >= 0.3 is 6.09 Å². The highest BCUT2D eigenvalue weighted by atomic mass is 16.5. The first-order valence-electron chi connectivity index (χ1n) is 6.58. The average Bonchev–Trinajstić information content (AvgIpc) is 2.95. The SMILES string of the molecule is COC(=O)N1CC[C@@H]2c3cccc(N(C)N)c3CC21. The number of hydrogen-bond donors (Lipinski definition) is 1. The standard InChI is InChI=1S/C14H19N3O2/c1-16(15)12-5-3-4-9-10-6-7-17(14(18)19-2)13(10)8-11(9)12/h3-5,10,13H,6-8,15H2,1-2H3/t10-,13?/m1/s1. The zero-order valence-electron chi connectivity index (χ0n) is 11.3. The summed E-state index contributed by atoms with van der Waals surface area (Å²) in [5, 5.41) is 1.66. The van der Waals surface area contributed by atoms with Crippen LogP contribution in [0.15, 0.2) is 18.2 Å². The lowest BCUT2D eigenvalue weighted by molar-refractivity contribution is 0.118. The lowest BCUT2D eigenvalue weighted by Crippen LogP contribution is -2.36. The molecule has 1 unspecified atom stereocenters. The van der Waals surface area contributed by atoms with Crippen LogP contribution >= 0.6 is 0 Å². The minimum Gasteiger partial charge on any atom is -0.453 e. The molecule has 1 aromatic rings. The fourth-order valence-electron chi connectivity index (χ4n) is 3.51. The van der Waals surface area contributed by atoms with Gasteiger partial charge in [0, 0.05) is 25.6 Å². The molecule has 1 heterocycles. The molecule has 1 fully saturated rings. The number of benzene rings is 1. The second kappa shape index (κ2) is 4.42. The smallest absolute Gasteiger partial charge is 0.409 e. The van der Waals surface area contributed by atoms with Crippen LogP contribution in [0.2, 0.25) is 0 Å². The number of fused-ring (bicyclic) bond motifs is 3. The molecule has 5 nitrogen and oxygen atoms in total. The van der Waals surface area contributed by atoms with Gasteiger partial charge in [0.15, 0.2) is 0 Å². The number of methoxy groups -OCH3 is 1. The molecule has 0 aromatic heterocycles. The minimum atomic E-state index is -0.219. The topological polar surface area (TPSA) is 58.8 Å². The van der Waals surface area contributed by atoms with Gasteiger partial charge < -0.3 is 14.6 Å². The molecular weight excluding hydrogens is 242 g/mol. The highest BCUT2D eigenvalue weighted by molar-refractivity contribution is 5.70. The summed E-state index contributed by atoms with van der Waals surface area (Å²) in [5.41, 5.74) is 3.67. The predicted molar refractivity (Wildman–Crippen MR) is 73.0 cm³/mol. The molecule has 0 spiro atoms. The van der Waals surface area contributed by atoms with Crippen molar-refractivity contribution < 1.29 is 9.53 Å². The molecular formula is C14H19N3O2. The van der Waals surface area contributed by atoms with Crippen LogP contribution in [-0.2, 0) is 11.2 Å². The van der Waals surface area contributed by atoms with Gasteiger partial charge in [-0.3, -0.25) is 0 Å². The molecule has 5 heteroatoms. The molecule has 1 amide bonds. The predicted octanol–water partition coefficient (Wildman–Crippen LogP) is 1.48. The Labute approximate surface area is 112 Å². The molecule has 0 bridgehead atoms. The maximum atomic E-state index is 11.8. The van der Waals surface area contributed by atoms with Gasteiger partial charge in [-0.2, -0.15) is 0 Å². The zero-order valence-corrected chi connectivity index (χ0v) is 11.3. The Kier molecular flexibility index (Phi) is 2.86. The summed E-state index contributed by atoms with van der Waals surface area (Å²) in [6.07, 6.45) is 1.65. The molecule has 1 aliphatic heterocycles. The van der Waals surface area contributed by atoms with E-state index in [1.54, 1.807) is 5.01 Å². The van der Waals surface area contributed by atoms with Crippen molar-refractivity contribution in [1.29, 1.82) is 0 Å². The Morgan fingerprint density at radius 1 is 1.53 bits per heavy atom. The number of ether oxygens (including phenoxy) is 1. The van der Waals surface area contributed by atoms with Crippen molar-refractivity contribution in [1.82, 2.24) is 4.90 Å². The van der Waals surface area contributed by atoms with Crippen LogP contribution in [0, 0.1) is 0 Å². The summed E-state index contributed by atoms with van der Waals surface area (Å²) < 4.78 is 4.87. The van der Waals surface area contributed by atoms with Crippen molar-refractivity contribution in [2.75, 3.05) is 25.7 Å². The number of likely N-dealkylation sites (tertiary alicyclic amines) is 1. The number of nitrogens with zero attached hydrogens (tertiary/aromatic N) is 2.